The second-order valence-electron chi connectivity index (χ2n) is 5.80. The second-order valence-corrected chi connectivity index (χ2v) is 5.80. The molecular weight excluding hydrogens is 258 g/mol. The maximum Gasteiger partial charge on any atom is 0.112 e. The van der Waals surface area contributed by atoms with E-state index in [9.17, 15) is 0 Å². The summed E-state index contributed by atoms with van der Waals surface area (Å²) in [4.78, 5) is 7.36. The Labute approximate surface area is 129 Å². The molecule has 0 saturated heterocycles. The van der Waals surface area contributed by atoms with E-state index in [1.54, 1.807) is 0 Å². The van der Waals surface area contributed by atoms with Gasteiger partial charge < -0.3 is 9.47 Å². The summed E-state index contributed by atoms with van der Waals surface area (Å²) in [6, 6.07) is 8.52. The van der Waals surface area contributed by atoms with Crippen LogP contribution in [0.4, 0.5) is 0 Å². The van der Waals surface area contributed by atoms with E-state index in [1.807, 2.05) is 0 Å². The molecule has 0 aliphatic rings. The molecule has 0 fully saturated rings. The van der Waals surface area contributed by atoms with Gasteiger partial charge in [0.05, 0.1) is 11.0 Å². The van der Waals surface area contributed by atoms with E-state index in [0.29, 0.717) is 5.92 Å². The molecule has 0 N–H and O–H groups in total. The number of fused-ring (bicyclic) bond motifs is 1. The van der Waals surface area contributed by atoms with Crippen molar-refractivity contribution < 1.29 is 0 Å². The van der Waals surface area contributed by atoms with E-state index in [0.717, 1.165) is 31.6 Å². The fraction of sp³-hybridized carbons (Fsp3) is 0.611. The van der Waals surface area contributed by atoms with Crippen molar-refractivity contribution in [2.45, 2.75) is 53.0 Å². The number of aryl methyl sites for hydroxylation is 1. The lowest BCUT2D eigenvalue weighted by atomic mass is 10.1. The Morgan fingerprint density at radius 2 is 1.86 bits per heavy atom. The summed E-state index contributed by atoms with van der Waals surface area (Å²) < 4.78 is 2.44. The molecule has 3 nitrogen and oxygen atoms in total. The minimum Gasteiger partial charge on any atom is -0.328 e. The summed E-state index contributed by atoms with van der Waals surface area (Å²) >= 11 is 0. The fourth-order valence-corrected chi connectivity index (χ4v) is 2.88. The third-order valence-corrected chi connectivity index (χ3v) is 4.49. The standard InChI is InChI=1S/C18H29N3/c1-5-15(4)18-19-16-11-8-9-12-17(16)21(18)14-10-13-20(6-2)7-3/h8-9,11-12,15H,5-7,10,13-14H2,1-4H3. The quantitative estimate of drug-likeness (QED) is 0.722. The van der Waals surface area contributed by atoms with Crippen LogP contribution >= 0.6 is 0 Å². The molecule has 116 valence electrons. The number of para-hydroxylation sites is 2. The third kappa shape index (κ3) is 3.65. The first kappa shape index (κ1) is 16.0. The highest BCUT2D eigenvalue weighted by molar-refractivity contribution is 5.76. The van der Waals surface area contributed by atoms with Crippen LogP contribution in [0.25, 0.3) is 11.0 Å². The Hall–Kier alpha value is -1.35. The Morgan fingerprint density at radius 3 is 2.52 bits per heavy atom. The Kier molecular flexibility index (Phi) is 5.80. The molecule has 3 heteroatoms. The number of rotatable bonds is 8. The van der Waals surface area contributed by atoms with Crippen molar-refractivity contribution in [1.82, 2.24) is 14.5 Å². The zero-order valence-corrected chi connectivity index (χ0v) is 14.0. The highest BCUT2D eigenvalue weighted by Crippen LogP contribution is 2.24. The number of benzene rings is 1. The van der Waals surface area contributed by atoms with Gasteiger partial charge in [-0.05, 0) is 44.6 Å². The highest BCUT2D eigenvalue weighted by atomic mass is 15.1. The van der Waals surface area contributed by atoms with Crippen molar-refractivity contribution in [3.05, 3.63) is 30.1 Å². The lowest BCUT2D eigenvalue weighted by molar-refractivity contribution is 0.293. The maximum atomic E-state index is 4.87. The van der Waals surface area contributed by atoms with Gasteiger partial charge >= 0.3 is 0 Å². The zero-order valence-electron chi connectivity index (χ0n) is 14.0. The largest absolute Gasteiger partial charge is 0.328 e. The third-order valence-electron chi connectivity index (χ3n) is 4.49. The van der Waals surface area contributed by atoms with E-state index in [4.69, 9.17) is 4.98 Å². The van der Waals surface area contributed by atoms with Gasteiger partial charge in [-0.15, -0.1) is 0 Å². The van der Waals surface area contributed by atoms with Crippen LogP contribution in [0.15, 0.2) is 24.3 Å². The molecule has 1 unspecified atom stereocenters. The van der Waals surface area contributed by atoms with Crippen molar-refractivity contribution in [3.8, 4) is 0 Å². The van der Waals surface area contributed by atoms with Crippen LogP contribution in [0.3, 0.4) is 0 Å². The zero-order chi connectivity index (χ0) is 15.2. The number of hydrogen-bond donors (Lipinski definition) is 0. The molecule has 1 aromatic carbocycles. The average molecular weight is 287 g/mol. The predicted octanol–water partition coefficient (Wildman–Crippen LogP) is 4.28. The SMILES string of the molecule is CCC(C)c1nc2ccccc2n1CCCN(CC)CC. The normalized spacial score (nSPS) is 13.2. The summed E-state index contributed by atoms with van der Waals surface area (Å²) in [6.45, 7) is 13.5. The first-order valence-corrected chi connectivity index (χ1v) is 8.38. The van der Waals surface area contributed by atoms with E-state index in [2.05, 4.69) is 61.4 Å². The monoisotopic (exact) mass is 287 g/mol. The van der Waals surface area contributed by atoms with Gasteiger partial charge in [0.1, 0.15) is 5.82 Å². The highest BCUT2D eigenvalue weighted by Gasteiger charge is 2.15. The van der Waals surface area contributed by atoms with Gasteiger partial charge in [0.15, 0.2) is 0 Å². The summed E-state index contributed by atoms with van der Waals surface area (Å²) in [5, 5.41) is 0. The topological polar surface area (TPSA) is 21.1 Å². The van der Waals surface area contributed by atoms with Crippen molar-refractivity contribution in [2.75, 3.05) is 19.6 Å². The number of nitrogens with zero attached hydrogens (tertiary/aromatic N) is 3. The van der Waals surface area contributed by atoms with Crippen LogP contribution < -0.4 is 0 Å². The Morgan fingerprint density at radius 1 is 1.14 bits per heavy atom. The number of aromatic nitrogens is 2. The van der Waals surface area contributed by atoms with Gasteiger partial charge in [0, 0.05) is 12.5 Å². The Balaban J connectivity index is 2.20. The van der Waals surface area contributed by atoms with Gasteiger partial charge in [-0.3, -0.25) is 0 Å². The lowest BCUT2D eigenvalue weighted by Gasteiger charge is -2.19. The van der Waals surface area contributed by atoms with Crippen LogP contribution in [0.1, 0.15) is 52.3 Å². The van der Waals surface area contributed by atoms with Crippen LogP contribution in [0.5, 0.6) is 0 Å². The molecule has 1 heterocycles. The smallest absolute Gasteiger partial charge is 0.112 e. The fourth-order valence-electron chi connectivity index (χ4n) is 2.88. The molecule has 1 aromatic heterocycles. The average Bonchev–Trinajstić information content (AvgIpc) is 2.89. The molecule has 0 bridgehead atoms. The predicted molar refractivity (Wildman–Crippen MR) is 90.8 cm³/mol. The van der Waals surface area contributed by atoms with Crippen molar-refractivity contribution in [3.63, 3.8) is 0 Å². The van der Waals surface area contributed by atoms with Gasteiger partial charge in [-0.2, -0.15) is 0 Å². The van der Waals surface area contributed by atoms with E-state index in [-0.39, 0.29) is 0 Å². The Bertz CT molecular complexity index is 555. The molecule has 0 aliphatic carbocycles. The molecule has 2 aromatic rings. The summed E-state index contributed by atoms with van der Waals surface area (Å²) in [5.41, 5.74) is 2.42. The molecule has 1 atom stereocenters. The maximum absolute atomic E-state index is 4.87. The first-order valence-electron chi connectivity index (χ1n) is 8.38. The minimum absolute atomic E-state index is 0.519. The second kappa shape index (κ2) is 7.60. The van der Waals surface area contributed by atoms with Crippen molar-refractivity contribution in [1.29, 1.82) is 0 Å². The van der Waals surface area contributed by atoms with Crippen molar-refractivity contribution >= 4 is 11.0 Å². The molecule has 0 spiro atoms. The van der Waals surface area contributed by atoms with Gasteiger partial charge in [0.25, 0.3) is 0 Å². The molecule has 0 saturated carbocycles. The van der Waals surface area contributed by atoms with Gasteiger partial charge in [0.2, 0.25) is 0 Å². The van der Waals surface area contributed by atoms with Crippen LogP contribution in [0, 0.1) is 0 Å². The molecule has 0 aliphatic heterocycles. The van der Waals surface area contributed by atoms with Crippen LogP contribution in [-0.4, -0.2) is 34.1 Å². The van der Waals surface area contributed by atoms with Crippen LogP contribution in [0.2, 0.25) is 0 Å². The molecular formula is C18H29N3. The molecule has 2 rings (SSSR count). The minimum atomic E-state index is 0.519. The molecule has 0 amide bonds. The summed E-state index contributed by atoms with van der Waals surface area (Å²) in [6.07, 6.45) is 2.32. The van der Waals surface area contributed by atoms with Crippen LogP contribution in [-0.2, 0) is 6.54 Å². The number of hydrogen-bond acceptors (Lipinski definition) is 2. The van der Waals surface area contributed by atoms with Gasteiger partial charge in [-0.1, -0.05) is 39.8 Å². The lowest BCUT2D eigenvalue weighted by Crippen LogP contribution is -2.25. The van der Waals surface area contributed by atoms with E-state index < -0.39 is 0 Å². The first-order chi connectivity index (χ1) is 10.2. The summed E-state index contributed by atoms with van der Waals surface area (Å²) in [7, 11) is 0. The van der Waals surface area contributed by atoms with Crippen molar-refractivity contribution in [2.24, 2.45) is 0 Å². The molecule has 21 heavy (non-hydrogen) atoms. The summed E-state index contributed by atoms with van der Waals surface area (Å²) in [5.74, 6) is 1.77. The molecule has 0 radical (unpaired) electrons. The number of imidazole rings is 1. The van der Waals surface area contributed by atoms with E-state index in [1.165, 1.54) is 24.3 Å². The van der Waals surface area contributed by atoms with Gasteiger partial charge in [-0.25, -0.2) is 4.98 Å². The van der Waals surface area contributed by atoms with E-state index >= 15 is 0 Å².